The topological polar surface area (TPSA) is 55.4 Å². The molecule has 0 radical (unpaired) electrons. The van der Waals surface area contributed by atoms with Gasteiger partial charge < -0.3 is 28.4 Å². The van der Waals surface area contributed by atoms with Gasteiger partial charge in [0.25, 0.3) is 0 Å². The molecule has 4 aromatic carbocycles. The van der Waals surface area contributed by atoms with Crippen molar-refractivity contribution in [2.75, 3.05) is 39.6 Å². The molecular formula is C66H102O6S3. The summed E-state index contributed by atoms with van der Waals surface area (Å²) in [6.07, 6.45) is 44.0. The Morgan fingerprint density at radius 1 is 0.187 bits per heavy atom. The number of hydrogen-bond donors (Lipinski definition) is 0. The monoisotopic (exact) mass is 1090 g/mol. The van der Waals surface area contributed by atoms with Crippen LogP contribution in [0.4, 0.5) is 0 Å². The fraction of sp³-hybridized carbons (Fsp3) is 0.727. The van der Waals surface area contributed by atoms with Crippen molar-refractivity contribution in [1.82, 2.24) is 0 Å². The van der Waals surface area contributed by atoms with E-state index in [1.165, 1.54) is 253 Å². The largest absolute Gasteiger partial charge is 0.488 e. The van der Waals surface area contributed by atoms with E-state index in [-0.39, 0.29) is 0 Å². The quantitative estimate of drug-likeness (QED) is 0.0280. The van der Waals surface area contributed by atoms with Gasteiger partial charge in [0, 0.05) is 32.3 Å². The van der Waals surface area contributed by atoms with Gasteiger partial charge in [0.15, 0.2) is 34.5 Å². The fourth-order valence-corrected chi connectivity index (χ4v) is 15.3. The van der Waals surface area contributed by atoms with Gasteiger partial charge in [-0.1, -0.05) is 234 Å². The van der Waals surface area contributed by atoms with Gasteiger partial charge in [0.1, 0.15) is 0 Å². The normalized spacial score (nSPS) is 12.2. The molecule has 7 rings (SSSR count). The summed E-state index contributed by atoms with van der Waals surface area (Å²) in [5.74, 6) is 5.57. The van der Waals surface area contributed by atoms with Crippen LogP contribution in [0.5, 0.6) is 34.5 Å². The van der Waals surface area contributed by atoms with E-state index in [1.807, 2.05) is 34.0 Å². The van der Waals surface area contributed by atoms with Gasteiger partial charge in [0.05, 0.1) is 67.8 Å². The fourth-order valence-electron chi connectivity index (χ4n) is 11.4. The van der Waals surface area contributed by atoms with Crippen LogP contribution in [0.15, 0.2) is 0 Å². The highest BCUT2D eigenvalue weighted by Crippen LogP contribution is 2.66. The molecule has 0 atom stereocenters. The molecule has 0 aliphatic rings. The minimum Gasteiger partial charge on any atom is -0.488 e. The molecule has 9 heteroatoms. The van der Waals surface area contributed by atoms with Crippen LogP contribution in [0.2, 0.25) is 0 Å². The molecule has 0 N–H and O–H groups in total. The van der Waals surface area contributed by atoms with Gasteiger partial charge >= 0.3 is 0 Å². The van der Waals surface area contributed by atoms with Crippen molar-refractivity contribution in [2.24, 2.45) is 0 Å². The second kappa shape index (κ2) is 33.5. The summed E-state index contributed by atoms with van der Waals surface area (Å²) in [7, 11) is 0. The first-order chi connectivity index (χ1) is 37.1. The first kappa shape index (κ1) is 59.8. The van der Waals surface area contributed by atoms with Gasteiger partial charge in [-0.3, -0.25) is 0 Å². The van der Waals surface area contributed by atoms with Crippen molar-refractivity contribution in [1.29, 1.82) is 0 Å². The molecular weight excluding hydrogens is 985 g/mol. The summed E-state index contributed by atoms with van der Waals surface area (Å²) in [5, 5.41) is 7.88. The lowest BCUT2D eigenvalue weighted by Gasteiger charge is -2.18. The van der Waals surface area contributed by atoms with E-state index >= 15 is 0 Å². The van der Waals surface area contributed by atoms with Crippen LogP contribution in [0, 0.1) is 0 Å². The maximum atomic E-state index is 7.23. The van der Waals surface area contributed by atoms with Crippen molar-refractivity contribution in [3.63, 3.8) is 0 Å². The first-order valence-corrected chi connectivity index (χ1v) is 34.1. The second-order valence-corrected chi connectivity index (χ2v) is 25.3. The van der Waals surface area contributed by atoms with E-state index in [2.05, 4.69) is 41.5 Å². The Balaban J connectivity index is 1.42. The Morgan fingerprint density at radius 3 is 0.467 bits per heavy atom. The zero-order valence-electron chi connectivity index (χ0n) is 48.4. The Bertz CT molecular complexity index is 2110. The van der Waals surface area contributed by atoms with Crippen molar-refractivity contribution < 1.29 is 28.4 Å². The third-order valence-electron chi connectivity index (χ3n) is 15.8. The van der Waals surface area contributed by atoms with Crippen LogP contribution in [-0.2, 0) is 0 Å². The number of benzene rings is 4. The molecule has 0 spiro atoms. The minimum absolute atomic E-state index is 0.680. The van der Waals surface area contributed by atoms with Gasteiger partial charge in [-0.25, -0.2) is 0 Å². The van der Waals surface area contributed by atoms with Gasteiger partial charge in [-0.05, 0) is 38.5 Å². The lowest BCUT2D eigenvalue weighted by atomic mass is 9.93. The van der Waals surface area contributed by atoms with Gasteiger partial charge in [-0.15, -0.1) is 34.0 Å². The standard InChI is InChI=1S/C66H102O6S3/c1-7-13-19-25-31-37-43-67-55-56(68-44-38-32-26-20-14-8-2)62-50-49-51-53-54-52(50)64(74-62)59(71-47-41-35-29-23-17-11-5)60(72-48-42-36-30-24-18-12-6)66(54)75-65(53)58(70-46-40-34-28-22-16-10-4)57(63(51)73-61(49)55)69-45-39-33-27-21-15-9-3/h7-48H2,1-6H3. The van der Waals surface area contributed by atoms with E-state index in [0.717, 1.165) is 73.0 Å². The first-order valence-electron chi connectivity index (χ1n) is 31.7. The highest BCUT2D eigenvalue weighted by molar-refractivity contribution is 7.31. The van der Waals surface area contributed by atoms with Crippen LogP contribution in [0.1, 0.15) is 273 Å². The molecule has 0 unspecified atom stereocenters. The smallest absolute Gasteiger partial charge is 0.180 e. The molecule has 3 heterocycles. The van der Waals surface area contributed by atoms with Crippen LogP contribution in [0.25, 0.3) is 60.5 Å². The Hall–Kier alpha value is -2.88. The van der Waals surface area contributed by atoms with E-state index in [4.69, 9.17) is 28.4 Å². The Labute approximate surface area is 467 Å². The van der Waals surface area contributed by atoms with Crippen LogP contribution in [-0.4, -0.2) is 39.6 Å². The van der Waals surface area contributed by atoms with Crippen LogP contribution in [0.3, 0.4) is 0 Å². The lowest BCUT2D eigenvalue weighted by Crippen LogP contribution is -2.04. The Morgan fingerprint density at radius 2 is 0.320 bits per heavy atom. The predicted octanol–water partition coefficient (Wildman–Crippen LogP) is 23.5. The third-order valence-corrected chi connectivity index (χ3v) is 19.4. The van der Waals surface area contributed by atoms with E-state index < -0.39 is 0 Å². The van der Waals surface area contributed by atoms with E-state index in [1.54, 1.807) is 0 Å². The lowest BCUT2D eigenvalue weighted by molar-refractivity contribution is 0.264. The molecule has 0 fully saturated rings. The highest BCUT2D eigenvalue weighted by Gasteiger charge is 2.37. The molecule has 7 aromatic rings. The van der Waals surface area contributed by atoms with Crippen LogP contribution >= 0.6 is 34.0 Å². The van der Waals surface area contributed by atoms with Crippen molar-refractivity contribution >= 4 is 94.5 Å². The molecule has 3 aromatic heterocycles. The Kier molecular flexibility index (Phi) is 26.7. The average molecular weight is 1090 g/mol. The molecule has 6 nitrogen and oxygen atoms in total. The summed E-state index contributed by atoms with van der Waals surface area (Å²) < 4.78 is 50.6. The van der Waals surface area contributed by atoms with E-state index in [9.17, 15) is 0 Å². The summed E-state index contributed by atoms with van der Waals surface area (Å²) in [5.41, 5.74) is 0. The maximum absolute atomic E-state index is 7.23. The van der Waals surface area contributed by atoms with Gasteiger partial charge in [-0.2, -0.15) is 0 Å². The third kappa shape index (κ3) is 15.7. The van der Waals surface area contributed by atoms with Crippen LogP contribution < -0.4 is 28.4 Å². The molecule has 420 valence electrons. The van der Waals surface area contributed by atoms with E-state index in [0.29, 0.717) is 39.6 Å². The molecule has 0 aliphatic carbocycles. The number of hydrogen-bond acceptors (Lipinski definition) is 9. The summed E-state index contributed by atoms with van der Waals surface area (Å²) in [6.45, 7) is 17.9. The SMILES string of the molecule is CCCCCCCCOc1c(OCCCCCCCC)c2sc3c(OCCCCCCCC)c(OCCCCCCCC)c4sc5c(OCCCCCCCC)c(OCCCCCCCC)c6sc1c1c2c3c4c5c61. The number of unbranched alkanes of at least 4 members (excludes halogenated alkanes) is 30. The van der Waals surface area contributed by atoms with Crippen molar-refractivity contribution in [3.8, 4) is 34.5 Å². The zero-order valence-corrected chi connectivity index (χ0v) is 50.8. The molecule has 75 heavy (non-hydrogen) atoms. The number of rotatable bonds is 48. The molecule has 0 aliphatic heterocycles. The summed E-state index contributed by atoms with van der Waals surface area (Å²) in [6, 6.07) is 0. The average Bonchev–Trinajstić information content (AvgIpc) is 4.30. The number of thiophene rings is 3. The maximum Gasteiger partial charge on any atom is 0.180 e. The second-order valence-electron chi connectivity index (χ2n) is 22.2. The minimum atomic E-state index is 0.680. The van der Waals surface area contributed by atoms with Gasteiger partial charge in [0.2, 0.25) is 0 Å². The molecule has 0 amide bonds. The van der Waals surface area contributed by atoms with Crippen molar-refractivity contribution in [2.45, 2.75) is 273 Å². The summed E-state index contributed by atoms with van der Waals surface area (Å²) >= 11 is 5.60. The molecule has 0 bridgehead atoms. The number of ether oxygens (including phenoxy) is 6. The molecule has 0 saturated heterocycles. The van der Waals surface area contributed by atoms with Crippen molar-refractivity contribution in [3.05, 3.63) is 0 Å². The molecule has 0 saturated carbocycles. The predicted molar refractivity (Wildman–Crippen MR) is 332 cm³/mol. The highest BCUT2D eigenvalue weighted by atomic mass is 32.1. The zero-order chi connectivity index (χ0) is 52.5. The summed E-state index contributed by atoms with van der Waals surface area (Å²) in [4.78, 5) is 0.